The van der Waals surface area contributed by atoms with Gasteiger partial charge >= 0.3 is 5.97 Å². The largest absolute Gasteiger partial charge is 0.512 e. The lowest BCUT2D eigenvalue weighted by molar-refractivity contribution is -0.142. The number of ether oxygens (including phenoxy) is 4. The first-order valence-electron chi connectivity index (χ1n) is 15.3. The van der Waals surface area contributed by atoms with E-state index in [4.69, 9.17) is 24.1 Å². The molecule has 8 nitrogen and oxygen atoms in total. The van der Waals surface area contributed by atoms with Crippen molar-refractivity contribution in [1.29, 1.82) is 0 Å². The molecule has 0 heterocycles. The van der Waals surface area contributed by atoms with Gasteiger partial charge in [-0.3, -0.25) is 0 Å². The topological polar surface area (TPSA) is 115 Å². The van der Waals surface area contributed by atoms with Gasteiger partial charge in [-0.15, -0.1) is 0 Å². The summed E-state index contributed by atoms with van der Waals surface area (Å²) in [6.07, 6.45) is 15.3. The minimum atomic E-state index is -0.982. The second-order valence-corrected chi connectivity index (χ2v) is 12.5. The molecule has 3 N–H and O–H groups in total. The number of allylic oxidation sites excluding steroid dienone is 5. The number of rotatable bonds is 16. The highest BCUT2D eigenvalue weighted by Gasteiger charge is 2.62. The molecule has 4 rings (SSSR count). The molecule has 0 saturated heterocycles. The van der Waals surface area contributed by atoms with Crippen molar-refractivity contribution in [3.05, 3.63) is 35.1 Å². The lowest BCUT2D eigenvalue weighted by Gasteiger charge is -2.60. The highest BCUT2D eigenvalue weighted by Crippen LogP contribution is 2.68. The molecule has 4 aliphatic rings. The predicted octanol–water partition coefficient (Wildman–Crippen LogP) is 5.22. The maximum absolute atomic E-state index is 11.0. The maximum atomic E-state index is 11.0. The zero-order valence-corrected chi connectivity index (χ0v) is 24.4. The van der Waals surface area contributed by atoms with Crippen LogP contribution in [0.2, 0.25) is 0 Å². The van der Waals surface area contributed by atoms with Crippen molar-refractivity contribution in [2.75, 3.05) is 52.9 Å². The van der Waals surface area contributed by atoms with Crippen LogP contribution < -0.4 is 0 Å². The number of unbranched alkanes of at least 4 members (excludes halogenated alkanes) is 1. The first-order valence-corrected chi connectivity index (χ1v) is 15.3. The summed E-state index contributed by atoms with van der Waals surface area (Å²) < 4.78 is 21.6. The van der Waals surface area contributed by atoms with Crippen molar-refractivity contribution in [3.8, 4) is 0 Å². The number of carbonyl (C=O) groups is 1. The number of aliphatic hydroxyl groups is 2. The summed E-state index contributed by atoms with van der Waals surface area (Å²) in [5.74, 6) is 1.02. The molecule has 4 aliphatic carbocycles. The van der Waals surface area contributed by atoms with Gasteiger partial charge in [0.15, 0.2) is 0 Å². The van der Waals surface area contributed by atoms with Crippen LogP contribution in [0.3, 0.4) is 0 Å². The van der Waals surface area contributed by atoms with Crippen LogP contribution in [0.25, 0.3) is 0 Å². The minimum absolute atomic E-state index is 0.0102. The minimum Gasteiger partial charge on any atom is -0.512 e. The molecule has 0 spiro atoms. The fourth-order valence-corrected chi connectivity index (χ4v) is 8.23. The van der Waals surface area contributed by atoms with Gasteiger partial charge in [0.2, 0.25) is 0 Å². The van der Waals surface area contributed by atoms with Gasteiger partial charge in [0.05, 0.1) is 51.5 Å². The number of fused-ring (bicyclic) bond motifs is 4. The molecule has 0 radical (unpaired) electrons. The van der Waals surface area contributed by atoms with E-state index in [1.165, 1.54) is 11.1 Å². The Hall–Kier alpha value is -1.71. The van der Waals surface area contributed by atoms with Crippen molar-refractivity contribution in [3.63, 3.8) is 0 Å². The van der Waals surface area contributed by atoms with Gasteiger partial charge in [-0.05, 0) is 90.8 Å². The zero-order chi connectivity index (χ0) is 28.6. The lowest BCUT2D eigenvalue weighted by atomic mass is 9.44. The van der Waals surface area contributed by atoms with E-state index < -0.39 is 5.97 Å². The molecule has 6 atom stereocenters. The summed E-state index contributed by atoms with van der Waals surface area (Å²) >= 11 is 0. The molecule has 8 heteroatoms. The van der Waals surface area contributed by atoms with Gasteiger partial charge in [0.1, 0.15) is 6.61 Å². The van der Waals surface area contributed by atoms with E-state index in [2.05, 4.69) is 26.0 Å². The maximum Gasteiger partial charge on any atom is 0.329 e. The van der Waals surface area contributed by atoms with E-state index >= 15 is 0 Å². The molecule has 5 unspecified atom stereocenters. The van der Waals surface area contributed by atoms with Crippen LogP contribution in [-0.4, -0.2) is 80.2 Å². The normalized spacial score (nSPS) is 33.2. The Bertz CT molecular complexity index is 941. The highest BCUT2D eigenvalue weighted by molar-refractivity contribution is 5.67. The van der Waals surface area contributed by atoms with Crippen LogP contribution in [0, 0.1) is 28.6 Å². The first kappa shape index (κ1) is 31.2. The van der Waals surface area contributed by atoms with Crippen LogP contribution in [0.1, 0.15) is 71.6 Å². The van der Waals surface area contributed by atoms with E-state index in [0.717, 1.165) is 51.4 Å². The third-order valence-corrected chi connectivity index (χ3v) is 10.2. The van der Waals surface area contributed by atoms with Gasteiger partial charge in [0.25, 0.3) is 0 Å². The average Bonchev–Trinajstić information content (AvgIpc) is 3.10. The van der Waals surface area contributed by atoms with Crippen LogP contribution in [0.4, 0.5) is 0 Å². The molecule has 0 aliphatic heterocycles. The van der Waals surface area contributed by atoms with Crippen LogP contribution >= 0.6 is 0 Å². The van der Waals surface area contributed by atoms with Crippen LogP contribution in [0.5, 0.6) is 0 Å². The monoisotopic (exact) mass is 562 g/mol. The molecule has 0 aromatic heterocycles. The highest BCUT2D eigenvalue weighted by atomic mass is 16.6. The van der Waals surface area contributed by atoms with E-state index in [-0.39, 0.29) is 30.1 Å². The Morgan fingerprint density at radius 2 is 1.62 bits per heavy atom. The Morgan fingerprint density at radius 3 is 2.33 bits per heavy atom. The molecule has 0 aromatic carbocycles. The molecule has 2 saturated carbocycles. The third kappa shape index (κ3) is 7.19. The number of carboxylic acids is 1. The van der Waals surface area contributed by atoms with Gasteiger partial charge in [-0.1, -0.05) is 32.4 Å². The van der Waals surface area contributed by atoms with Gasteiger partial charge in [0, 0.05) is 13.0 Å². The van der Waals surface area contributed by atoms with E-state index in [0.29, 0.717) is 69.6 Å². The van der Waals surface area contributed by atoms with Crippen molar-refractivity contribution < 1.29 is 39.1 Å². The number of hydrogen-bond donors (Lipinski definition) is 3. The fourth-order valence-electron chi connectivity index (χ4n) is 8.23. The second kappa shape index (κ2) is 14.5. The number of aliphatic carboxylic acids is 1. The molecule has 2 fully saturated rings. The first-order chi connectivity index (χ1) is 19.3. The van der Waals surface area contributed by atoms with E-state index in [9.17, 15) is 15.0 Å². The standard InChI is InChI=1S/C32H50O8/c1-31-12-11-27-26-8-5-7-25(33)21-23(26)20-24(32(27,2)28(31)9-10-29(31)34)6-3-4-13-37-14-15-38-16-17-39-18-19-40-22-30(35)36/h5,8,21,24,27-29,33-34H,3-4,6-7,9-20,22H2,1-2H3,(H,35,36)/t24-,27?,28?,29?,31?,32?/m1/s1. The predicted molar refractivity (Wildman–Crippen MR) is 152 cm³/mol. The Balaban J connectivity index is 1.20. The molecule has 226 valence electrons. The van der Waals surface area contributed by atoms with Gasteiger partial charge < -0.3 is 34.3 Å². The third-order valence-electron chi connectivity index (χ3n) is 10.2. The second-order valence-electron chi connectivity index (χ2n) is 12.5. The van der Waals surface area contributed by atoms with E-state index in [1.54, 1.807) is 0 Å². The lowest BCUT2D eigenvalue weighted by Crippen LogP contribution is -2.54. The van der Waals surface area contributed by atoms with Crippen molar-refractivity contribution >= 4 is 5.97 Å². The quantitative estimate of drug-likeness (QED) is 0.219. The molecule has 0 bridgehead atoms. The summed E-state index contributed by atoms with van der Waals surface area (Å²) in [5, 5.41) is 29.9. The molecule has 40 heavy (non-hydrogen) atoms. The fraction of sp³-hybridized carbons (Fsp3) is 0.781. The van der Waals surface area contributed by atoms with Crippen molar-refractivity contribution in [1.82, 2.24) is 0 Å². The molecule has 0 amide bonds. The van der Waals surface area contributed by atoms with Crippen molar-refractivity contribution in [2.45, 2.75) is 77.7 Å². The Labute approximate surface area is 239 Å². The SMILES string of the molecule is CC12CCC3C4=C(C=C(O)CC=C4)C[C@@H](CCCCOCCOCCOCCOCC(=O)O)C3(C)C1CCC2O. The average molecular weight is 563 g/mol. The molecule has 0 aromatic rings. The number of hydrogen-bond acceptors (Lipinski definition) is 7. The van der Waals surface area contributed by atoms with Gasteiger partial charge in [-0.25, -0.2) is 4.79 Å². The van der Waals surface area contributed by atoms with Crippen LogP contribution in [-0.2, 0) is 23.7 Å². The molecular formula is C32H50O8. The summed E-state index contributed by atoms with van der Waals surface area (Å²) in [6, 6.07) is 0. The van der Waals surface area contributed by atoms with Crippen LogP contribution in [0.15, 0.2) is 35.1 Å². The summed E-state index contributed by atoms with van der Waals surface area (Å²) in [6.45, 7) is 7.85. The molecular weight excluding hydrogens is 512 g/mol. The summed E-state index contributed by atoms with van der Waals surface area (Å²) in [7, 11) is 0. The van der Waals surface area contributed by atoms with Gasteiger partial charge in [-0.2, -0.15) is 0 Å². The Morgan fingerprint density at radius 1 is 0.950 bits per heavy atom. The summed E-state index contributed by atoms with van der Waals surface area (Å²) in [5.41, 5.74) is 2.93. The Kier molecular flexibility index (Phi) is 11.3. The number of carboxylic acid groups (broad SMARTS) is 1. The number of aliphatic hydroxyl groups excluding tert-OH is 2. The zero-order valence-electron chi connectivity index (χ0n) is 24.4. The van der Waals surface area contributed by atoms with E-state index in [1.807, 2.05) is 6.08 Å². The smallest absolute Gasteiger partial charge is 0.329 e. The summed E-state index contributed by atoms with van der Waals surface area (Å²) in [4.78, 5) is 10.4. The van der Waals surface area contributed by atoms with Crippen molar-refractivity contribution in [2.24, 2.45) is 28.6 Å².